The predicted molar refractivity (Wildman–Crippen MR) is 71.9 cm³/mol. The molecule has 1 aliphatic rings. The van der Waals surface area contributed by atoms with Crippen molar-refractivity contribution in [3.8, 4) is 0 Å². The second-order valence-corrected chi connectivity index (χ2v) is 6.03. The van der Waals surface area contributed by atoms with Crippen LogP contribution in [0.5, 0.6) is 0 Å². The highest BCUT2D eigenvalue weighted by molar-refractivity contribution is 5.76. The van der Waals surface area contributed by atoms with Gasteiger partial charge in [-0.25, -0.2) is 0 Å². The molecular weight excluding hydrogens is 212 g/mol. The number of nitrogens with zero attached hydrogens (tertiary/aromatic N) is 2. The quantitative estimate of drug-likeness (QED) is 0.735. The molecular formula is C14H28N2O. The highest BCUT2D eigenvalue weighted by Crippen LogP contribution is 2.23. The van der Waals surface area contributed by atoms with Crippen LogP contribution in [-0.2, 0) is 4.79 Å². The number of carbonyl (C=O) groups is 1. The van der Waals surface area contributed by atoms with Crippen molar-refractivity contribution in [3.63, 3.8) is 0 Å². The molecule has 3 heteroatoms. The molecule has 17 heavy (non-hydrogen) atoms. The average Bonchev–Trinajstić information content (AvgIpc) is 2.25. The van der Waals surface area contributed by atoms with E-state index in [1.54, 1.807) is 0 Å². The highest BCUT2D eigenvalue weighted by Gasteiger charge is 2.23. The molecule has 0 bridgehead atoms. The van der Waals surface area contributed by atoms with Crippen molar-refractivity contribution >= 4 is 5.91 Å². The van der Waals surface area contributed by atoms with E-state index in [0.717, 1.165) is 31.5 Å². The molecule has 1 fully saturated rings. The molecule has 3 nitrogen and oxygen atoms in total. The van der Waals surface area contributed by atoms with Crippen LogP contribution in [0.1, 0.15) is 39.5 Å². The van der Waals surface area contributed by atoms with Crippen molar-refractivity contribution in [1.82, 2.24) is 9.80 Å². The zero-order valence-corrected chi connectivity index (χ0v) is 11.9. The Morgan fingerprint density at radius 2 is 2.12 bits per heavy atom. The SMILES string of the molecule is CC(C)CC1CCCN(C(=O)CCN(C)C)C1. The molecule has 1 saturated heterocycles. The molecule has 1 amide bonds. The number of rotatable bonds is 5. The summed E-state index contributed by atoms with van der Waals surface area (Å²) in [6.45, 7) is 7.37. The maximum absolute atomic E-state index is 12.0. The Hall–Kier alpha value is -0.570. The lowest BCUT2D eigenvalue weighted by molar-refractivity contribution is -0.133. The highest BCUT2D eigenvalue weighted by atomic mass is 16.2. The Balaban J connectivity index is 2.35. The van der Waals surface area contributed by atoms with E-state index in [1.165, 1.54) is 19.3 Å². The lowest BCUT2D eigenvalue weighted by atomic mass is 9.89. The van der Waals surface area contributed by atoms with E-state index in [2.05, 4.69) is 23.6 Å². The van der Waals surface area contributed by atoms with Gasteiger partial charge in [-0.15, -0.1) is 0 Å². The smallest absolute Gasteiger partial charge is 0.223 e. The summed E-state index contributed by atoms with van der Waals surface area (Å²) in [5, 5.41) is 0. The second kappa shape index (κ2) is 7.00. The lowest BCUT2D eigenvalue weighted by Gasteiger charge is -2.34. The number of hydrogen-bond acceptors (Lipinski definition) is 2. The fourth-order valence-corrected chi connectivity index (χ4v) is 2.63. The van der Waals surface area contributed by atoms with Gasteiger partial charge in [0.1, 0.15) is 0 Å². The van der Waals surface area contributed by atoms with Crippen LogP contribution in [0.4, 0.5) is 0 Å². The van der Waals surface area contributed by atoms with Gasteiger partial charge in [0.05, 0.1) is 0 Å². The molecule has 1 heterocycles. The molecule has 0 aliphatic carbocycles. The average molecular weight is 240 g/mol. The molecule has 0 spiro atoms. The van der Waals surface area contributed by atoms with Gasteiger partial charge in [-0.1, -0.05) is 13.8 Å². The standard InChI is InChI=1S/C14H28N2O/c1-12(2)10-13-6-5-8-16(11-13)14(17)7-9-15(3)4/h12-13H,5-11H2,1-4H3. The first kappa shape index (κ1) is 14.5. The summed E-state index contributed by atoms with van der Waals surface area (Å²) in [7, 11) is 4.04. The molecule has 0 N–H and O–H groups in total. The third-order valence-electron chi connectivity index (χ3n) is 3.45. The monoisotopic (exact) mass is 240 g/mol. The number of hydrogen-bond donors (Lipinski definition) is 0. The van der Waals surface area contributed by atoms with Crippen LogP contribution in [0.2, 0.25) is 0 Å². The summed E-state index contributed by atoms with van der Waals surface area (Å²) in [6.07, 6.45) is 4.42. The first-order valence-corrected chi connectivity index (χ1v) is 6.91. The van der Waals surface area contributed by atoms with E-state index in [0.29, 0.717) is 12.3 Å². The Kier molecular flexibility index (Phi) is 5.96. The first-order valence-electron chi connectivity index (χ1n) is 6.91. The van der Waals surface area contributed by atoms with E-state index in [9.17, 15) is 4.79 Å². The number of likely N-dealkylation sites (tertiary alicyclic amines) is 1. The summed E-state index contributed by atoms with van der Waals surface area (Å²) in [5.74, 6) is 1.82. The zero-order valence-electron chi connectivity index (χ0n) is 11.9. The maximum Gasteiger partial charge on any atom is 0.223 e. The van der Waals surface area contributed by atoms with Gasteiger partial charge in [-0.3, -0.25) is 4.79 Å². The van der Waals surface area contributed by atoms with Gasteiger partial charge in [0.15, 0.2) is 0 Å². The van der Waals surface area contributed by atoms with E-state index < -0.39 is 0 Å². The van der Waals surface area contributed by atoms with Gasteiger partial charge in [-0.05, 0) is 45.2 Å². The Bertz CT molecular complexity index is 238. The molecule has 0 radical (unpaired) electrons. The number of amides is 1. The van der Waals surface area contributed by atoms with E-state index in [4.69, 9.17) is 0 Å². The molecule has 1 rings (SSSR count). The summed E-state index contributed by atoms with van der Waals surface area (Å²) in [6, 6.07) is 0. The minimum absolute atomic E-state index is 0.340. The molecule has 0 aromatic rings. The van der Waals surface area contributed by atoms with E-state index in [1.807, 2.05) is 14.1 Å². The maximum atomic E-state index is 12.0. The molecule has 0 aromatic heterocycles. The van der Waals surface area contributed by atoms with Gasteiger partial charge in [0, 0.05) is 26.1 Å². The van der Waals surface area contributed by atoms with Gasteiger partial charge in [-0.2, -0.15) is 0 Å². The molecule has 1 aliphatic heterocycles. The largest absolute Gasteiger partial charge is 0.342 e. The van der Waals surface area contributed by atoms with Crippen molar-refractivity contribution in [2.24, 2.45) is 11.8 Å². The summed E-state index contributed by atoms with van der Waals surface area (Å²) in [5.41, 5.74) is 0. The minimum atomic E-state index is 0.340. The van der Waals surface area contributed by atoms with Gasteiger partial charge in [0.2, 0.25) is 5.91 Å². The second-order valence-electron chi connectivity index (χ2n) is 6.03. The molecule has 100 valence electrons. The third kappa shape index (κ3) is 5.53. The van der Waals surface area contributed by atoms with Crippen molar-refractivity contribution < 1.29 is 4.79 Å². The molecule has 1 atom stereocenters. The topological polar surface area (TPSA) is 23.6 Å². The number of piperidine rings is 1. The van der Waals surface area contributed by atoms with E-state index in [-0.39, 0.29) is 0 Å². The van der Waals surface area contributed by atoms with Gasteiger partial charge < -0.3 is 9.80 Å². The van der Waals surface area contributed by atoms with Crippen LogP contribution in [0.15, 0.2) is 0 Å². The minimum Gasteiger partial charge on any atom is -0.342 e. The third-order valence-corrected chi connectivity index (χ3v) is 3.45. The van der Waals surface area contributed by atoms with Crippen LogP contribution in [-0.4, -0.2) is 49.4 Å². The molecule has 1 unspecified atom stereocenters. The fraction of sp³-hybridized carbons (Fsp3) is 0.929. The van der Waals surface area contributed by atoms with Gasteiger partial charge in [0.25, 0.3) is 0 Å². The van der Waals surface area contributed by atoms with E-state index >= 15 is 0 Å². The Labute approximate surface area is 106 Å². The summed E-state index contributed by atoms with van der Waals surface area (Å²) in [4.78, 5) is 16.2. The van der Waals surface area contributed by atoms with Crippen molar-refractivity contribution in [3.05, 3.63) is 0 Å². The predicted octanol–water partition coefficient (Wildman–Crippen LogP) is 2.22. The van der Waals surface area contributed by atoms with Crippen molar-refractivity contribution in [1.29, 1.82) is 0 Å². The summed E-state index contributed by atoms with van der Waals surface area (Å²) < 4.78 is 0. The van der Waals surface area contributed by atoms with Crippen LogP contribution < -0.4 is 0 Å². The molecule has 0 aromatic carbocycles. The Morgan fingerprint density at radius 3 is 2.71 bits per heavy atom. The zero-order chi connectivity index (χ0) is 12.8. The summed E-state index contributed by atoms with van der Waals surface area (Å²) >= 11 is 0. The normalized spacial score (nSPS) is 21.3. The Morgan fingerprint density at radius 1 is 1.41 bits per heavy atom. The van der Waals surface area contributed by atoms with Crippen LogP contribution in [0, 0.1) is 11.8 Å². The first-order chi connectivity index (χ1) is 7.99. The van der Waals surface area contributed by atoms with Gasteiger partial charge >= 0.3 is 0 Å². The fourth-order valence-electron chi connectivity index (χ4n) is 2.63. The lowest BCUT2D eigenvalue weighted by Crippen LogP contribution is -2.41. The van der Waals surface area contributed by atoms with Crippen molar-refractivity contribution in [2.75, 3.05) is 33.7 Å². The van der Waals surface area contributed by atoms with Crippen LogP contribution in [0.3, 0.4) is 0 Å². The van der Waals surface area contributed by atoms with Crippen molar-refractivity contribution in [2.45, 2.75) is 39.5 Å². The van der Waals surface area contributed by atoms with Crippen LogP contribution >= 0.6 is 0 Å². The number of carbonyl (C=O) groups excluding carboxylic acids is 1. The van der Waals surface area contributed by atoms with Crippen LogP contribution in [0.25, 0.3) is 0 Å². The molecule has 0 saturated carbocycles.